The number of benzene rings is 2. The Morgan fingerprint density at radius 2 is 1.85 bits per heavy atom. The molecule has 0 saturated heterocycles. The first-order chi connectivity index (χ1) is 15.8. The lowest BCUT2D eigenvalue weighted by Gasteiger charge is -2.15. The van der Waals surface area contributed by atoms with E-state index in [1.807, 2.05) is 6.07 Å². The van der Waals surface area contributed by atoms with Gasteiger partial charge in [0.05, 0.1) is 43.1 Å². The summed E-state index contributed by atoms with van der Waals surface area (Å²) in [5.74, 6) is 0.287. The van der Waals surface area contributed by atoms with E-state index in [0.717, 1.165) is 17.4 Å². The van der Waals surface area contributed by atoms with Crippen molar-refractivity contribution in [1.29, 1.82) is 5.26 Å². The van der Waals surface area contributed by atoms with E-state index in [1.165, 1.54) is 12.1 Å². The molecule has 0 aliphatic carbocycles. The molecule has 0 amide bonds. The molecule has 0 aliphatic rings. The Hall–Kier alpha value is -3.20. The van der Waals surface area contributed by atoms with Gasteiger partial charge in [0.15, 0.2) is 0 Å². The SMILES string of the molecule is N#Cc1cccc(OCCCCOc2ccc(-c3nnc(C(N)CO)s3)cc2C(F)(F)F)c1. The Kier molecular flexibility index (Phi) is 8.21. The quantitative estimate of drug-likeness (QED) is 0.417. The maximum atomic E-state index is 13.6. The van der Waals surface area contributed by atoms with Gasteiger partial charge in [-0.2, -0.15) is 18.4 Å². The molecule has 1 aromatic heterocycles. The molecule has 3 rings (SSSR count). The Morgan fingerprint density at radius 3 is 2.55 bits per heavy atom. The molecular formula is C22H21F3N4O3S. The predicted octanol–water partition coefficient (Wildman–Crippen LogP) is 4.33. The van der Waals surface area contributed by atoms with Crippen molar-refractivity contribution in [3.63, 3.8) is 0 Å². The largest absolute Gasteiger partial charge is 0.494 e. The Labute approximate surface area is 192 Å². The number of aliphatic hydroxyl groups excluding tert-OH is 1. The third-order valence-electron chi connectivity index (χ3n) is 4.51. The Balaban J connectivity index is 1.58. The lowest BCUT2D eigenvalue weighted by molar-refractivity contribution is -0.138. The highest BCUT2D eigenvalue weighted by molar-refractivity contribution is 7.14. The minimum atomic E-state index is -4.62. The number of aromatic nitrogens is 2. The van der Waals surface area contributed by atoms with Gasteiger partial charge in [-0.1, -0.05) is 17.4 Å². The van der Waals surface area contributed by atoms with Crippen molar-refractivity contribution in [1.82, 2.24) is 10.2 Å². The highest BCUT2D eigenvalue weighted by Crippen LogP contribution is 2.39. The summed E-state index contributed by atoms with van der Waals surface area (Å²) in [5.41, 5.74) is 5.49. The number of rotatable bonds is 10. The molecule has 1 heterocycles. The van der Waals surface area contributed by atoms with Gasteiger partial charge in [0.2, 0.25) is 0 Å². The molecule has 0 fully saturated rings. The van der Waals surface area contributed by atoms with Crippen LogP contribution in [0, 0.1) is 11.3 Å². The first-order valence-electron chi connectivity index (χ1n) is 9.99. The Morgan fingerprint density at radius 1 is 1.09 bits per heavy atom. The van der Waals surface area contributed by atoms with Crippen molar-refractivity contribution in [3.8, 4) is 28.1 Å². The van der Waals surface area contributed by atoms with Crippen molar-refractivity contribution in [2.45, 2.75) is 25.1 Å². The number of nitriles is 1. The summed E-state index contributed by atoms with van der Waals surface area (Å²) in [6.07, 6.45) is -3.57. The monoisotopic (exact) mass is 478 g/mol. The second-order valence-electron chi connectivity index (χ2n) is 6.99. The number of aliphatic hydroxyl groups is 1. The van der Waals surface area contributed by atoms with Gasteiger partial charge in [-0.05, 0) is 49.2 Å². The fourth-order valence-corrected chi connectivity index (χ4v) is 3.65. The van der Waals surface area contributed by atoms with Gasteiger partial charge in [0, 0.05) is 5.56 Å². The second-order valence-corrected chi connectivity index (χ2v) is 8.00. The first kappa shape index (κ1) is 24.4. The number of ether oxygens (including phenoxy) is 2. The smallest absolute Gasteiger partial charge is 0.419 e. The highest BCUT2D eigenvalue weighted by Gasteiger charge is 2.35. The van der Waals surface area contributed by atoms with E-state index in [2.05, 4.69) is 10.2 Å². The fourth-order valence-electron chi connectivity index (χ4n) is 2.82. The molecule has 174 valence electrons. The van der Waals surface area contributed by atoms with Crippen LogP contribution in [-0.4, -0.2) is 35.1 Å². The molecule has 3 N–H and O–H groups in total. The summed E-state index contributed by atoms with van der Waals surface area (Å²) >= 11 is 1.02. The van der Waals surface area contributed by atoms with Gasteiger partial charge < -0.3 is 20.3 Å². The van der Waals surface area contributed by atoms with Gasteiger partial charge in [-0.25, -0.2) is 0 Å². The lowest BCUT2D eigenvalue weighted by atomic mass is 10.1. The van der Waals surface area contributed by atoms with Crippen LogP contribution in [0.5, 0.6) is 11.5 Å². The van der Waals surface area contributed by atoms with E-state index in [0.29, 0.717) is 35.8 Å². The van der Waals surface area contributed by atoms with E-state index in [1.54, 1.807) is 24.3 Å². The van der Waals surface area contributed by atoms with Crippen LogP contribution in [0.25, 0.3) is 10.6 Å². The summed E-state index contributed by atoms with van der Waals surface area (Å²) in [5, 5.41) is 26.3. The van der Waals surface area contributed by atoms with Crippen LogP contribution < -0.4 is 15.2 Å². The van der Waals surface area contributed by atoms with E-state index in [4.69, 9.17) is 25.6 Å². The molecule has 0 spiro atoms. The summed E-state index contributed by atoms with van der Waals surface area (Å²) in [6.45, 7) is 0.0868. The minimum Gasteiger partial charge on any atom is -0.494 e. The third kappa shape index (κ3) is 6.64. The van der Waals surface area contributed by atoms with Gasteiger partial charge in [0.1, 0.15) is 21.5 Å². The van der Waals surface area contributed by atoms with Crippen molar-refractivity contribution in [3.05, 3.63) is 58.6 Å². The zero-order chi connectivity index (χ0) is 23.8. The Bertz CT molecular complexity index is 1110. The zero-order valence-electron chi connectivity index (χ0n) is 17.4. The zero-order valence-corrected chi connectivity index (χ0v) is 18.2. The average Bonchev–Trinajstić information content (AvgIpc) is 3.30. The molecule has 0 bridgehead atoms. The van der Waals surface area contributed by atoms with Crippen molar-refractivity contribution < 1.29 is 27.8 Å². The number of hydrogen-bond donors (Lipinski definition) is 2. The number of unbranched alkanes of at least 4 members (excludes halogenated alkanes) is 1. The normalized spacial score (nSPS) is 12.2. The molecule has 0 aliphatic heterocycles. The van der Waals surface area contributed by atoms with Crippen LogP contribution in [0.4, 0.5) is 13.2 Å². The molecule has 33 heavy (non-hydrogen) atoms. The van der Waals surface area contributed by atoms with Crippen LogP contribution in [0.3, 0.4) is 0 Å². The number of nitrogens with two attached hydrogens (primary N) is 1. The van der Waals surface area contributed by atoms with Gasteiger partial charge in [-0.15, -0.1) is 10.2 Å². The number of alkyl halides is 3. The fraction of sp³-hybridized carbons (Fsp3) is 0.318. The molecule has 1 atom stereocenters. The molecule has 0 radical (unpaired) electrons. The maximum Gasteiger partial charge on any atom is 0.419 e. The first-order valence-corrected chi connectivity index (χ1v) is 10.8. The van der Waals surface area contributed by atoms with E-state index < -0.39 is 17.8 Å². The number of hydrogen-bond acceptors (Lipinski definition) is 8. The average molecular weight is 478 g/mol. The van der Waals surface area contributed by atoms with Crippen LogP contribution in [0.2, 0.25) is 0 Å². The molecule has 0 saturated carbocycles. The highest BCUT2D eigenvalue weighted by atomic mass is 32.1. The van der Waals surface area contributed by atoms with Crippen LogP contribution in [-0.2, 0) is 6.18 Å². The van der Waals surface area contributed by atoms with Gasteiger partial charge >= 0.3 is 6.18 Å². The number of nitrogens with zero attached hydrogens (tertiary/aromatic N) is 3. The second kappa shape index (κ2) is 11.1. The maximum absolute atomic E-state index is 13.6. The summed E-state index contributed by atoms with van der Waals surface area (Å²) in [6, 6.07) is 11.7. The van der Waals surface area contributed by atoms with Crippen LogP contribution in [0.15, 0.2) is 42.5 Å². The molecule has 1 unspecified atom stereocenters. The van der Waals surface area contributed by atoms with E-state index in [9.17, 15) is 13.2 Å². The van der Waals surface area contributed by atoms with E-state index in [-0.39, 0.29) is 29.5 Å². The van der Waals surface area contributed by atoms with Crippen LogP contribution >= 0.6 is 11.3 Å². The van der Waals surface area contributed by atoms with Gasteiger partial charge in [0.25, 0.3) is 0 Å². The summed E-state index contributed by atoms with van der Waals surface area (Å²) in [4.78, 5) is 0. The van der Waals surface area contributed by atoms with Gasteiger partial charge in [-0.3, -0.25) is 0 Å². The molecule has 2 aromatic carbocycles. The van der Waals surface area contributed by atoms with Crippen molar-refractivity contribution >= 4 is 11.3 Å². The molecule has 7 nitrogen and oxygen atoms in total. The minimum absolute atomic E-state index is 0.0817. The summed E-state index contributed by atoms with van der Waals surface area (Å²) in [7, 11) is 0. The van der Waals surface area contributed by atoms with Crippen molar-refractivity contribution in [2.24, 2.45) is 5.73 Å². The lowest BCUT2D eigenvalue weighted by Crippen LogP contribution is -2.13. The standard InChI is InChI=1S/C22H21F3N4O3S/c23-22(24,25)17-11-15(20-28-29-21(33-20)18(27)13-30)6-7-19(17)32-9-2-1-8-31-16-5-3-4-14(10-16)12-26/h3-7,10-11,18,30H,1-2,8-9,13,27H2. The van der Waals surface area contributed by atoms with Crippen LogP contribution in [0.1, 0.15) is 35.0 Å². The summed E-state index contributed by atoms with van der Waals surface area (Å²) < 4.78 is 51.8. The topological polar surface area (TPSA) is 114 Å². The molecule has 3 aromatic rings. The number of halogens is 3. The van der Waals surface area contributed by atoms with E-state index >= 15 is 0 Å². The third-order valence-corrected chi connectivity index (χ3v) is 5.62. The predicted molar refractivity (Wildman–Crippen MR) is 116 cm³/mol. The van der Waals surface area contributed by atoms with Crippen molar-refractivity contribution in [2.75, 3.05) is 19.8 Å². The molecule has 11 heteroatoms. The molecular weight excluding hydrogens is 457 g/mol.